The summed E-state index contributed by atoms with van der Waals surface area (Å²) in [6.07, 6.45) is 8.54. The average molecular weight is 617 g/mol. The molecule has 2 aliphatic rings. The third-order valence-electron chi connectivity index (χ3n) is 9.45. The van der Waals surface area contributed by atoms with Crippen LogP contribution in [-0.2, 0) is 10.3 Å². The van der Waals surface area contributed by atoms with E-state index in [9.17, 15) is 4.79 Å². The molecule has 46 heavy (non-hydrogen) atoms. The normalized spacial score (nSPS) is 16.1. The number of carbonyl (C=O) groups is 1. The second kappa shape index (κ2) is 13.6. The molecule has 2 aliphatic heterocycles. The molecule has 240 valence electrons. The van der Waals surface area contributed by atoms with Gasteiger partial charge in [0, 0.05) is 52.9 Å². The SMILES string of the molecule is CCCCCCN(CCCCC(C)C)c1ccc2c(c1)Oc1cc(C)c(Nc3cccc(C)c3)cc1C21OC(=O)c2ccccc21. The average Bonchev–Trinajstić information content (AvgIpc) is 3.33. The van der Waals surface area contributed by atoms with Crippen molar-refractivity contribution in [2.75, 3.05) is 23.3 Å². The molecule has 4 aromatic carbocycles. The maximum atomic E-state index is 13.5. The first-order valence-electron chi connectivity index (χ1n) is 17.2. The maximum Gasteiger partial charge on any atom is 0.340 e. The van der Waals surface area contributed by atoms with E-state index in [1.807, 2.05) is 24.3 Å². The molecule has 1 unspecified atom stereocenters. The van der Waals surface area contributed by atoms with Crippen molar-refractivity contribution >= 4 is 23.0 Å². The number of aryl methyl sites for hydroxylation is 2. The summed E-state index contributed by atoms with van der Waals surface area (Å²) in [7, 11) is 0. The second-order valence-electron chi connectivity index (χ2n) is 13.5. The van der Waals surface area contributed by atoms with Crippen LogP contribution in [0.4, 0.5) is 17.1 Å². The molecule has 1 N–H and O–H groups in total. The molecule has 4 aromatic rings. The van der Waals surface area contributed by atoms with Gasteiger partial charge in [-0.15, -0.1) is 0 Å². The van der Waals surface area contributed by atoms with Crippen LogP contribution >= 0.6 is 0 Å². The Bertz CT molecular complexity index is 1710. The number of nitrogens with one attached hydrogen (secondary N) is 1. The van der Waals surface area contributed by atoms with Crippen molar-refractivity contribution in [3.8, 4) is 11.5 Å². The standard InChI is InChI=1S/C41H48N2O3/c1-6-7-8-12-22-43(23-13-11-15-28(2)3)32-20-21-35-39(26-32)45-38-25-30(5)37(42-31-17-14-16-29(4)24-31)27-36(38)41(35)34-19-10-9-18-33(34)40(44)46-41/h9-10,14,16-21,24-28,42H,6-8,11-13,15,22-23H2,1-5H3. The summed E-state index contributed by atoms with van der Waals surface area (Å²) in [5.41, 5.74) is 7.40. The molecule has 0 aromatic heterocycles. The van der Waals surface area contributed by atoms with Gasteiger partial charge in [-0.2, -0.15) is 0 Å². The van der Waals surface area contributed by atoms with Gasteiger partial charge in [0.2, 0.25) is 0 Å². The largest absolute Gasteiger partial charge is 0.456 e. The monoisotopic (exact) mass is 616 g/mol. The summed E-state index contributed by atoms with van der Waals surface area (Å²) in [4.78, 5) is 16.0. The fourth-order valence-electron chi connectivity index (χ4n) is 6.97. The Labute approximate surface area is 274 Å². The molecule has 0 radical (unpaired) electrons. The van der Waals surface area contributed by atoms with Crippen LogP contribution in [0, 0.1) is 19.8 Å². The minimum atomic E-state index is -1.10. The highest BCUT2D eigenvalue weighted by molar-refractivity contribution is 5.97. The predicted octanol–water partition coefficient (Wildman–Crippen LogP) is 10.8. The Morgan fingerprint density at radius 3 is 2.35 bits per heavy atom. The van der Waals surface area contributed by atoms with Gasteiger partial charge in [-0.05, 0) is 86.2 Å². The Hall–Kier alpha value is -4.25. The van der Waals surface area contributed by atoms with Crippen LogP contribution in [0.15, 0.2) is 78.9 Å². The summed E-state index contributed by atoms with van der Waals surface area (Å²) >= 11 is 0. The van der Waals surface area contributed by atoms with E-state index in [1.165, 1.54) is 44.1 Å². The Morgan fingerprint density at radius 2 is 1.57 bits per heavy atom. The molecule has 2 heterocycles. The number of ether oxygens (including phenoxy) is 2. The molecule has 0 saturated heterocycles. The van der Waals surface area contributed by atoms with Crippen LogP contribution in [0.5, 0.6) is 11.5 Å². The van der Waals surface area contributed by atoms with Gasteiger partial charge in [0.15, 0.2) is 5.60 Å². The molecule has 1 atom stereocenters. The molecule has 6 rings (SSSR count). The van der Waals surface area contributed by atoms with Crippen LogP contribution in [0.2, 0.25) is 0 Å². The van der Waals surface area contributed by atoms with E-state index in [1.54, 1.807) is 0 Å². The number of hydrogen-bond donors (Lipinski definition) is 1. The maximum absolute atomic E-state index is 13.5. The number of benzene rings is 4. The fourth-order valence-corrected chi connectivity index (χ4v) is 6.97. The molecule has 5 nitrogen and oxygen atoms in total. The molecule has 0 fully saturated rings. The van der Waals surface area contributed by atoms with Crippen molar-refractivity contribution in [2.45, 2.75) is 85.2 Å². The zero-order valence-corrected chi connectivity index (χ0v) is 28.1. The minimum absolute atomic E-state index is 0.310. The first-order valence-corrected chi connectivity index (χ1v) is 17.2. The topological polar surface area (TPSA) is 50.8 Å². The van der Waals surface area contributed by atoms with E-state index in [-0.39, 0.29) is 5.97 Å². The van der Waals surface area contributed by atoms with Crippen LogP contribution < -0.4 is 15.0 Å². The molecule has 0 amide bonds. The first-order chi connectivity index (χ1) is 22.3. The number of carbonyl (C=O) groups excluding carboxylic acids is 1. The van der Waals surface area contributed by atoms with Crippen molar-refractivity contribution in [3.63, 3.8) is 0 Å². The summed E-state index contributed by atoms with van der Waals surface area (Å²) in [6.45, 7) is 13.1. The van der Waals surface area contributed by atoms with Crippen molar-refractivity contribution in [1.82, 2.24) is 0 Å². The summed E-state index contributed by atoms with van der Waals surface area (Å²) < 4.78 is 13.3. The van der Waals surface area contributed by atoms with E-state index in [2.05, 4.69) is 99.4 Å². The zero-order valence-electron chi connectivity index (χ0n) is 28.1. The molecule has 5 heteroatoms. The van der Waals surface area contributed by atoms with Gasteiger partial charge in [-0.25, -0.2) is 4.79 Å². The van der Waals surface area contributed by atoms with Crippen molar-refractivity contribution in [3.05, 3.63) is 112 Å². The molecular formula is C41H48N2O3. The number of unbranched alkanes of at least 4 members (excludes halogenated alkanes) is 4. The third kappa shape index (κ3) is 6.25. The first kappa shape index (κ1) is 31.7. The van der Waals surface area contributed by atoms with Crippen LogP contribution in [-0.4, -0.2) is 19.1 Å². The zero-order chi connectivity index (χ0) is 32.3. The van der Waals surface area contributed by atoms with Gasteiger partial charge in [0.1, 0.15) is 11.5 Å². The van der Waals surface area contributed by atoms with Gasteiger partial charge in [0.25, 0.3) is 0 Å². The van der Waals surface area contributed by atoms with Crippen LogP contribution in [0.25, 0.3) is 0 Å². The lowest BCUT2D eigenvalue weighted by Crippen LogP contribution is -2.33. The predicted molar refractivity (Wildman–Crippen MR) is 189 cm³/mol. The molecule has 1 spiro atoms. The lowest BCUT2D eigenvalue weighted by molar-refractivity contribution is 0.0224. The van der Waals surface area contributed by atoms with Gasteiger partial charge >= 0.3 is 5.97 Å². The molecule has 0 saturated carbocycles. The highest BCUT2D eigenvalue weighted by atomic mass is 16.6. The quantitative estimate of drug-likeness (QED) is 0.120. The van der Waals surface area contributed by atoms with Gasteiger partial charge < -0.3 is 19.7 Å². The van der Waals surface area contributed by atoms with E-state index >= 15 is 0 Å². The Balaban J connectivity index is 1.42. The summed E-state index contributed by atoms with van der Waals surface area (Å²) in [6, 6.07) is 26.8. The van der Waals surface area contributed by atoms with Crippen LogP contribution in [0.1, 0.15) is 104 Å². The summed E-state index contributed by atoms with van der Waals surface area (Å²) in [5, 5.41) is 3.61. The number of esters is 1. The van der Waals surface area contributed by atoms with Crippen molar-refractivity contribution in [1.29, 1.82) is 0 Å². The number of fused-ring (bicyclic) bond motifs is 6. The van der Waals surface area contributed by atoms with Crippen molar-refractivity contribution < 1.29 is 14.3 Å². The van der Waals surface area contributed by atoms with E-state index in [0.717, 1.165) is 70.5 Å². The lowest BCUT2D eigenvalue weighted by Gasteiger charge is -2.38. The fraction of sp³-hybridized carbons (Fsp3) is 0.390. The van der Waals surface area contributed by atoms with E-state index in [4.69, 9.17) is 9.47 Å². The lowest BCUT2D eigenvalue weighted by atomic mass is 9.77. The minimum Gasteiger partial charge on any atom is -0.456 e. The molecule has 0 aliphatic carbocycles. The summed E-state index contributed by atoms with van der Waals surface area (Å²) in [5.74, 6) is 1.87. The Morgan fingerprint density at radius 1 is 0.783 bits per heavy atom. The number of nitrogens with zero attached hydrogens (tertiary/aromatic N) is 1. The third-order valence-corrected chi connectivity index (χ3v) is 9.45. The highest BCUT2D eigenvalue weighted by Gasteiger charge is 2.53. The van der Waals surface area contributed by atoms with Gasteiger partial charge in [0.05, 0.1) is 5.56 Å². The van der Waals surface area contributed by atoms with E-state index < -0.39 is 5.60 Å². The molecule has 0 bridgehead atoms. The smallest absolute Gasteiger partial charge is 0.340 e. The number of hydrogen-bond acceptors (Lipinski definition) is 5. The van der Waals surface area contributed by atoms with Gasteiger partial charge in [-0.3, -0.25) is 0 Å². The molecular weight excluding hydrogens is 568 g/mol. The van der Waals surface area contributed by atoms with Crippen molar-refractivity contribution in [2.24, 2.45) is 5.92 Å². The van der Waals surface area contributed by atoms with Gasteiger partial charge in [-0.1, -0.05) is 83.2 Å². The van der Waals surface area contributed by atoms with Crippen LogP contribution in [0.3, 0.4) is 0 Å². The Kier molecular flexibility index (Phi) is 9.39. The number of anilines is 3. The highest BCUT2D eigenvalue weighted by Crippen LogP contribution is 2.57. The number of rotatable bonds is 13. The second-order valence-corrected chi connectivity index (χ2v) is 13.5. The van der Waals surface area contributed by atoms with E-state index in [0.29, 0.717) is 11.3 Å².